The lowest BCUT2D eigenvalue weighted by molar-refractivity contribution is 0.320. The van der Waals surface area contributed by atoms with E-state index in [1.54, 1.807) is 0 Å². The topological polar surface area (TPSA) is 52.2 Å². The standard InChI is InChI=1S/C20H27N5/c1-2-8-22-18(3-1)12-21-11-16-4-6-17(7-5-16)13-25-14-19-20(15-25)24-10-9-23-19/h1-8,19-21,23-24H,9-15H2. The summed E-state index contributed by atoms with van der Waals surface area (Å²) >= 11 is 0. The normalized spacial score (nSPS) is 23.5. The molecule has 2 fully saturated rings. The van der Waals surface area contributed by atoms with E-state index < -0.39 is 0 Å². The molecule has 0 spiro atoms. The lowest BCUT2D eigenvalue weighted by Gasteiger charge is -2.26. The van der Waals surface area contributed by atoms with Crippen molar-refractivity contribution >= 4 is 0 Å². The van der Waals surface area contributed by atoms with Gasteiger partial charge in [0.15, 0.2) is 0 Å². The number of nitrogens with zero attached hydrogens (tertiary/aromatic N) is 2. The van der Waals surface area contributed by atoms with Gasteiger partial charge < -0.3 is 16.0 Å². The van der Waals surface area contributed by atoms with Gasteiger partial charge in [-0.1, -0.05) is 30.3 Å². The number of pyridine rings is 1. The summed E-state index contributed by atoms with van der Waals surface area (Å²) in [5.41, 5.74) is 3.79. The maximum atomic E-state index is 4.33. The Labute approximate surface area is 149 Å². The Balaban J connectivity index is 1.24. The van der Waals surface area contributed by atoms with Gasteiger partial charge in [-0.3, -0.25) is 9.88 Å². The van der Waals surface area contributed by atoms with Crippen LogP contribution in [0.3, 0.4) is 0 Å². The number of fused-ring (bicyclic) bond motifs is 1. The summed E-state index contributed by atoms with van der Waals surface area (Å²) in [6, 6.07) is 16.3. The van der Waals surface area contributed by atoms with Crippen LogP contribution in [0.15, 0.2) is 48.7 Å². The predicted octanol–water partition coefficient (Wildman–Crippen LogP) is 1.12. The second kappa shape index (κ2) is 8.06. The highest BCUT2D eigenvalue weighted by atomic mass is 15.3. The molecule has 2 atom stereocenters. The minimum Gasteiger partial charge on any atom is -0.310 e. The smallest absolute Gasteiger partial charge is 0.0541 e. The zero-order chi connectivity index (χ0) is 16.9. The van der Waals surface area contributed by atoms with Crippen molar-refractivity contribution in [3.8, 4) is 0 Å². The first kappa shape index (κ1) is 16.7. The Morgan fingerprint density at radius 2 is 1.64 bits per heavy atom. The van der Waals surface area contributed by atoms with Crippen LogP contribution >= 0.6 is 0 Å². The van der Waals surface area contributed by atoms with E-state index in [0.717, 1.165) is 51.5 Å². The quantitative estimate of drug-likeness (QED) is 0.737. The van der Waals surface area contributed by atoms with Gasteiger partial charge in [-0.25, -0.2) is 0 Å². The van der Waals surface area contributed by atoms with E-state index in [4.69, 9.17) is 0 Å². The van der Waals surface area contributed by atoms with E-state index in [1.165, 1.54) is 11.1 Å². The molecule has 25 heavy (non-hydrogen) atoms. The number of benzene rings is 1. The molecule has 1 aromatic heterocycles. The predicted molar refractivity (Wildman–Crippen MR) is 100 cm³/mol. The molecule has 1 aromatic carbocycles. The number of nitrogens with one attached hydrogen (secondary N) is 3. The van der Waals surface area contributed by atoms with Crippen molar-refractivity contribution in [2.75, 3.05) is 26.2 Å². The van der Waals surface area contributed by atoms with E-state index in [-0.39, 0.29) is 0 Å². The lowest BCUT2D eigenvalue weighted by Crippen LogP contribution is -2.55. The van der Waals surface area contributed by atoms with Gasteiger partial charge in [0.1, 0.15) is 0 Å². The number of piperazine rings is 1. The molecule has 0 aliphatic carbocycles. The van der Waals surface area contributed by atoms with Gasteiger partial charge in [-0.2, -0.15) is 0 Å². The van der Waals surface area contributed by atoms with Crippen molar-refractivity contribution in [3.05, 3.63) is 65.5 Å². The number of aromatic nitrogens is 1. The summed E-state index contributed by atoms with van der Waals surface area (Å²) in [5.74, 6) is 0. The van der Waals surface area contributed by atoms with Crippen molar-refractivity contribution in [1.29, 1.82) is 0 Å². The first-order valence-electron chi connectivity index (χ1n) is 9.24. The number of rotatable bonds is 6. The number of hydrogen-bond donors (Lipinski definition) is 3. The van der Waals surface area contributed by atoms with Gasteiger partial charge in [0.2, 0.25) is 0 Å². The van der Waals surface area contributed by atoms with E-state index in [0.29, 0.717) is 12.1 Å². The molecule has 3 heterocycles. The first-order valence-corrected chi connectivity index (χ1v) is 9.24. The van der Waals surface area contributed by atoms with Crippen LogP contribution in [0, 0.1) is 0 Å². The maximum absolute atomic E-state index is 4.33. The molecule has 4 rings (SSSR count). The Hall–Kier alpha value is -1.79. The molecule has 0 amide bonds. The second-order valence-corrected chi connectivity index (χ2v) is 7.06. The van der Waals surface area contributed by atoms with Crippen LogP contribution in [0.1, 0.15) is 16.8 Å². The SMILES string of the molecule is c1ccc(CNCc2ccc(CN3CC4NCCNC4C3)cc2)nc1. The molecule has 2 aliphatic rings. The Morgan fingerprint density at radius 1 is 0.920 bits per heavy atom. The molecule has 5 nitrogen and oxygen atoms in total. The van der Waals surface area contributed by atoms with Crippen LogP contribution in [0.4, 0.5) is 0 Å². The zero-order valence-corrected chi connectivity index (χ0v) is 14.6. The minimum atomic E-state index is 0.615. The Bertz CT molecular complexity index is 644. The van der Waals surface area contributed by atoms with Gasteiger partial charge in [0.05, 0.1) is 5.69 Å². The van der Waals surface area contributed by atoms with Crippen LogP contribution in [0.2, 0.25) is 0 Å². The van der Waals surface area contributed by atoms with Crippen LogP contribution in [0.5, 0.6) is 0 Å². The largest absolute Gasteiger partial charge is 0.310 e. The zero-order valence-electron chi connectivity index (χ0n) is 14.6. The average molecular weight is 337 g/mol. The van der Waals surface area contributed by atoms with Crippen LogP contribution < -0.4 is 16.0 Å². The number of likely N-dealkylation sites (tertiary alicyclic amines) is 1. The third kappa shape index (κ3) is 4.44. The van der Waals surface area contributed by atoms with E-state index in [1.807, 2.05) is 24.4 Å². The highest BCUT2D eigenvalue weighted by Gasteiger charge is 2.33. The van der Waals surface area contributed by atoms with Crippen molar-refractivity contribution in [3.63, 3.8) is 0 Å². The molecule has 0 radical (unpaired) electrons. The Morgan fingerprint density at radius 3 is 2.32 bits per heavy atom. The maximum Gasteiger partial charge on any atom is 0.0541 e. The summed E-state index contributed by atoms with van der Waals surface area (Å²) in [6.07, 6.45) is 1.84. The van der Waals surface area contributed by atoms with E-state index in [2.05, 4.69) is 50.1 Å². The lowest BCUT2D eigenvalue weighted by atomic mass is 10.1. The van der Waals surface area contributed by atoms with Gasteiger partial charge >= 0.3 is 0 Å². The van der Waals surface area contributed by atoms with Crippen molar-refractivity contribution in [2.24, 2.45) is 0 Å². The summed E-state index contributed by atoms with van der Waals surface area (Å²) < 4.78 is 0. The summed E-state index contributed by atoms with van der Waals surface area (Å²) in [6.45, 7) is 7.19. The third-order valence-electron chi connectivity index (χ3n) is 5.12. The molecule has 2 aliphatic heterocycles. The fourth-order valence-electron chi connectivity index (χ4n) is 3.80. The van der Waals surface area contributed by atoms with Crippen LogP contribution in [0.25, 0.3) is 0 Å². The van der Waals surface area contributed by atoms with Crippen LogP contribution in [-0.2, 0) is 19.6 Å². The first-order chi connectivity index (χ1) is 12.4. The summed E-state index contributed by atoms with van der Waals surface area (Å²) in [7, 11) is 0. The monoisotopic (exact) mass is 337 g/mol. The fourth-order valence-corrected chi connectivity index (χ4v) is 3.80. The molecule has 2 unspecified atom stereocenters. The van der Waals surface area contributed by atoms with Crippen LogP contribution in [-0.4, -0.2) is 48.1 Å². The van der Waals surface area contributed by atoms with E-state index >= 15 is 0 Å². The molecular weight excluding hydrogens is 310 g/mol. The molecule has 3 N–H and O–H groups in total. The molecule has 132 valence electrons. The molecule has 2 saturated heterocycles. The highest BCUT2D eigenvalue weighted by Crippen LogP contribution is 2.16. The third-order valence-corrected chi connectivity index (χ3v) is 5.12. The Kier molecular flexibility index (Phi) is 5.37. The van der Waals surface area contributed by atoms with Gasteiger partial charge in [0, 0.05) is 64.1 Å². The highest BCUT2D eigenvalue weighted by molar-refractivity contribution is 5.23. The molecule has 5 heteroatoms. The van der Waals surface area contributed by atoms with Gasteiger partial charge in [-0.15, -0.1) is 0 Å². The van der Waals surface area contributed by atoms with E-state index in [9.17, 15) is 0 Å². The molecule has 0 saturated carbocycles. The minimum absolute atomic E-state index is 0.615. The van der Waals surface area contributed by atoms with Crippen molar-refractivity contribution < 1.29 is 0 Å². The average Bonchev–Trinajstić information content (AvgIpc) is 3.06. The molecule has 0 bridgehead atoms. The molecule has 2 aromatic rings. The molecular formula is C20H27N5. The summed E-state index contributed by atoms with van der Waals surface area (Å²) in [4.78, 5) is 6.88. The van der Waals surface area contributed by atoms with Crippen molar-refractivity contribution in [1.82, 2.24) is 25.8 Å². The van der Waals surface area contributed by atoms with Gasteiger partial charge in [0.25, 0.3) is 0 Å². The second-order valence-electron chi connectivity index (χ2n) is 7.06. The van der Waals surface area contributed by atoms with Crippen molar-refractivity contribution in [2.45, 2.75) is 31.7 Å². The van der Waals surface area contributed by atoms with Gasteiger partial charge in [-0.05, 0) is 23.3 Å². The summed E-state index contributed by atoms with van der Waals surface area (Å²) in [5, 5.41) is 10.7. The fraction of sp³-hybridized carbons (Fsp3) is 0.450. The number of hydrogen-bond acceptors (Lipinski definition) is 5.